The van der Waals surface area contributed by atoms with Gasteiger partial charge in [-0.3, -0.25) is 4.79 Å². The van der Waals surface area contributed by atoms with E-state index in [9.17, 15) is 14.7 Å². The van der Waals surface area contributed by atoms with E-state index >= 15 is 0 Å². The number of aliphatic carboxylic acids is 1. The normalized spacial score (nSPS) is 41.6. The molecule has 0 aromatic carbocycles. The molecule has 2 rings (SSSR count). The van der Waals surface area contributed by atoms with Crippen LogP contribution in [-0.4, -0.2) is 56.3 Å². The molecule has 2 heterocycles. The van der Waals surface area contributed by atoms with Crippen molar-refractivity contribution in [3.63, 3.8) is 0 Å². The molecule has 7 heteroatoms. The molecule has 2 saturated heterocycles. The first-order valence-corrected chi connectivity index (χ1v) is 5.14. The summed E-state index contributed by atoms with van der Waals surface area (Å²) in [6, 6.07) is -0.543. The monoisotopic (exact) mass is 218 g/mol. The summed E-state index contributed by atoms with van der Waals surface area (Å²) >= 11 is 1.21. The average Bonchev–Trinajstić information content (AvgIpc) is 2.16. The van der Waals surface area contributed by atoms with Gasteiger partial charge in [-0.15, -0.1) is 11.8 Å². The van der Waals surface area contributed by atoms with E-state index in [0.717, 1.165) is 0 Å². The molecule has 1 unspecified atom stereocenters. The molecule has 14 heavy (non-hydrogen) atoms. The molecule has 1 amide bonds. The number of nitrogens with zero attached hydrogens (tertiary/aromatic N) is 1. The lowest BCUT2D eigenvalue weighted by molar-refractivity contribution is -0.165. The Labute approximate surface area is 84.1 Å². The lowest BCUT2D eigenvalue weighted by Crippen LogP contribution is -2.73. The number of hydrogen-bond acceptors (Lipinski definition) is 5. The molecule has 0 spiro atoms. The molecule has 0 bridgehead atoms. The molecule has 4 N–H and O–H groups in total. The van der Waals surface area contributed by atoms with Gasteiger partial charge in [0, 0.05) is 5.75 Å². The summed E-state index contributed by atoms with van der Waals surface area (Å²) in [5, 5.41) is 18.2. The highest BCUT2D eigenvalue weighted by Gasteiger charge is 2.55. The van der Waals surface area contributed by atoms with Crippen LogP contribution in [0.2, 0.25) is 0 Å². The number of rotatable bonds is 1. The summed E-state index contributed by atoms with van der Waals surface area (Å²) in [6.07, 6.45) is 0. The van der Waals surface area contributed by atoms with Gasteiger partial charge in [-0.25, -0.2) is 4.79 Å². The maximum absolute atomic E-state index is 11.2. The smallest absolute Gasteiger partial charge is 0.338 e. The van der Waals surface area contributed by atoms with Crippen molar-refractivity contribution in [1.29, 1.82) is 0 Å². The number of carbonyl (C=O) groups is 2. The highest BCUT2D eigenvalue weighted by molar-refractivity contribution is 8.00. The van der Waals surface area contributed by atoms with Gasteiger partial charge >= 0.3 is 5.97 Å². The summed E-state index contributed by atoms with van der Waals surface area (Å²) < 4.78 is 0. The summed E-state index contributed by atoms with van der Waals surface area (Å²) in [5.41, 5.74) is 3.68. The number of fused-ring (bicyclic) bond motifs is 1. The maximum atomic E-state index is 11.2. The molecule has 0 aromatic heterocycles. The predicted octanol–water partition coefficient (Wildman–Crippen LogP) is -1.96. The number of amides is 1. The second-order valence-corrected chi connectivity index (χ2v) is 4.64. The van der Waals surface area contributed by atoms with Gasteiger partial charge in [0.05, 0.1) is 6.54 Å². The Morgan fingerprint density at radius 1 is 1.71 bits per heavy atom. The maximum Gasteiger partial charge on any atom is 0.338 e. The first-order chi connectivity index (χ1) is 6.46. The van der Waals surface area contributed by atoms with Crippen molar-refractivity contribution in [1.82, 2.24) is 4.90 Å². The van der Waals surface area contributed by atoms with Crippen LogP contribution in [-0.2, 0) is 9.59 Å². The van der Waals surface area contributed by atoms with E-state index in [2.05, 4.69) is 0 Å². The Morgan fingerprint density at radius 3 is 2.93 bits per heavy atom. The molecular formula is C7H10N2O4S. The van der Waals surface area contributed by atoms with Crippen LogP contribution in [0.5, 0.6) is 0 Å². The van der Waals surface area contributed by atoms with Gasteiger partial charge in [-0.1, -0.05) is 0 Å². The standard InChI is InChI=1S/C7H10N2O4S/c8-3-4(10)9-1-7(13,6(11)12)2-14-5(3)9/h3,5,13H,1-2,8H2,(H,11,12)/t3-,5+,7?/m1/s1. The van der Waals surface area contributed by atoms with Crippen LogP contribution in [0, 0.1) is 0 Å². The summed E-state index contributed by atoms with van der Waals surface area (Å²) in [6.45, 7) is -0.160. The molecular weight excluding hydrogens is 208 g/mol. The van der Waals surface area contributed by atoms with Crippen molar-refractivity contribution in [3.8, 4) is 0 Å². The third-order valence-electron chi connectivity index (χ3n) is 2.51. The minimum atomic E-state index is -1.82. The number of β-lactam (4-membered cyclic amide) rings is 1. The van der Waals surface area contributed by atoms with E-state index in [4.69, 9.17) is 10.8 Å². The minimum absolute atomic E-state index is 0.0739. The molecule has 2 aliphatic heterocycles. The number of carbonyl (C=O) groups excluding carboxylic acids is 1. The van der Waals surface area contributed by atoms with E-state index in [1.807, 2.05) is 0 Å². The third kappa shape index (κ3) is 1.13. The predicted molar refractivity (Wildman–Crippen MR) is 48.5 cm³/mol. The third-order valence-corrected chi connectivity index (χ3v) is 4.04. The molecule has 3 atom stereocenters. The van der Waals surface area contributed by atoms with E-state index in [-0.39, 0.29) is 23.6 Å². The number of thioether (sulfide) groups is 1. The van der Waals surface area contributed by atoms with Crippen molar-refractivity contribution in [2.45, 2.75) is 17.0 Å². The Morgan fingerprint density at radius 2 is 2.36 bits per heavy atom. The average molecular weight is 218 g/mol. The van der Waals surface area contributed by atoms with E-state index in [1.165, 1.54) is 16.7 Å². The molecule has 0 aromatic rings. The van der Waals surface area contributed by atoms with Gasteiger partial charge in [-0.05, 0) is 0 Å². The van der Waals surface area contributed by atoms with Crippen molar-refractivity contribution in [3.05, 3.63) is 0 Å². The molecule has 0 radical (unpaired) electrons. The number of carboxylic acids is 1. The topological polar surface area (TPSA) is 104 Å². The largest absolute Gasteiger partial charge is 0.479 e. The van der Waals surface area contributed by atoms with Crippen LogP contribution in [0.3, 0.4) is 0 Å². The van der Waals surface area contributed by atoms with Gasteiger partial charge in [-0.2, -0.15) is 0 Å². The first-order valence-electron chi connectivity index (χ1n) is 4.09. The molecule has 6 nitrogen and oxygen atoms in total. The molecule has 0 saturated carbocycles. The van der Waals surface area contributed by atoms with E-state index in [1.54, 1.807) is 0 Å². The fraction of sp³-hybridized carbons (Fsp3) is 0.714. The lowest BCUT2D eigenvalue weighted by atomic mass is 10.0. The van der Waals surface area contributed by atoms with Crippen molar-refractivity contribution in [2.24, 2.45) is 5.73 Å². The number of nitrogens with two attached hydrogens (primary N) is 1. The van der Waals surface area contributed by atoms with E-state index in [0.29, 0.717) is 0 Å². The van der Waals surface area contributed by atoms with Crippen molar-refractivity contribution < 1.29 is 19.8 Å². The van der Waals surface area contributed by atoms with Gasteiger partial charge in [0.1, 0.15) is 11.4 Å². The van der Waals surface area contributed by atoms with Gasteiger partial charge in [0.2, 0.25) is 5.91 Å². The number of hydrogen-bond donors (Lipinski definition) is 3. The highest BCUT2D eigenvalue weighted by atomic mass is 32.2. The van der Waals surface area contributed by atoms with Crippen molar-refractivity contribution in [2.75, 3.05) is 12.3 Å². The lowest BCUT2D eigenvalue weighted by Gasteiger charge is -2.51. The summed E-state index contributed by atoms with van der Waals surface area (Å²) in [7, 11) is 0. The van der Waals surface area contributed by atoms with Crippen LogP contribution < -0.4 is 5.73 Å². The van der Waals surface area contributed by atoms with Crippen LogP contribution in [0.25, 0.3) is 0 Å². The summed E-state index contributed by atoms with van der Waals surface area (Å²) in [4.78, 5) is 23.2. The quantitative estimate of drug-likeness (QED) is 0.442. The zero-order chi connectivity index (χ0) is 10.5. The molecule has 2 aliphatic rings. The number of carboxylic acid groups (broad SMARTS) is 1. The summed E-state index contributed by atoms with van der Waals surface area (Å²) in [5.74, 6) is -1.51. The SMILES string of the molecule is N[C@@H]1C(=O)N2CC(O)(C(=O)O)CS[C@@H]12. The second-order valence-electron chi connectivity index (χ2n) is 3.53. The van der Waals surface area contributed by atoms with Crippen molar-refractivity contribution >= 4 is 23.6 Å². The fourth-order valence-corrected chi connectivity index (χ4v) is 2.94. The highest BCUT2D eigenvalue weighted by Crippen LogP contribution is 2.37. The Hall–Kier alpha value is -0.790. The second kappa shape index (κ2) is 2.85. The zero-order valence-corrected chi connectivity index (χ0v) is 8.03. The van der Waals surface area contributed by atoms with Crippen LogP contribution in [0.15, 0.2) is 0 Å². The Kier molecular flexibility index (Phi) is 1.98. The Balaban J connectivity index is 2.12. The fourth-order valence-electron chi connectivity index (χ4n) is 1.59. The molecule has 0 aliphatic carbocycles. The van der Waals surface area contributed by atoms with Gasteiger partial charge in [0.25, 0.3) is 0 Å². The van der Waals surface area contributed by atoms with Gasteiger partial charge in [0.15, 0.2) is 5.60 Å². The van der Waals surface area contributed by atoms with E-state index < -0.39 is 17.6 Å². The number of aliphatic hydroxyl groups is 1. The Bertz CT molecular complexity index is 310. The molecule has 2 fully saturated rings. The first kappa shape index (κ1) is 9.75. The van der Waals surface area contributed by atoms with Crippen LogP contribution >= 0.6 is 11.8 Å². The van der Waals surface area contributed by atoms with Crippen LogP contribution in [0.4, 0.5) is 0 Å². The zero-order valence-electron chi connectivity index (χ0n) is 7.21. The minimum Gasteiger partial charge on any atom is -0.479 e. The van der Waals surface area contributed by atoms with Crippen LogP contribution in [0.1, 0.15) is 0 Å². The van der Waals surface area contributed by atoms with Gasteiger partial charge < -0.3 is 20.8 Å². The molecule has 78 valence electrons.